The van der Waals surface area contributed by atoms with Crippen LogP contribution < -0.4 is 5.32 Å². The summed E-state index contributed by atoms with van der Waals surface area (Å²) in [6, 6.07) is 18.6. The maximum absolute atomic E-state index is 13.4. The van der Waals surface area contributed by atoms with Crippen molar-refractivity contribution < 1.29 is 14.3 Å². The van der Waals surface area contributed by atoms with Crippen LogP contribution in [0.5, 0.6) is 0 Å². The van der Waals surface area contributed by atoms with Crippen molar-refractivity contribution in [3.63, 3.8) is 0 Å². The van der Waals surface area contributed by atoms with Crippen LogP contribution in [-0.4, -0.2) is 52.0 Å². The van der Waals surface area contributed by atoms with Crippen molar-refractivity contribution in [2.75, 3.05) is 19.7 Å². The van der Waals surface area contributed by atoms with Crippen molar-refractivity contribution in [2.24, 2.45) is 0 Å². The van der Waals surface area contributed by atoms with E-state index in [-0.39, 0.29) is 31.4 Å². The molecule has 3 heterocycles. The predicted molar refractivity (Wildman–Crippen MR) is 115 cm³/mol. The lowest BCUT2D eigenvalue weighted by Gasteiger charge is -2.41. The van der Waals surface area contributed by atoms with Crippen LogP contribution in [0.2, 0.25) is 0 Å². The molecule has 31 heavy (non-hydrogen) atoms. The standard InChI is InChI=1S/C24H24N4O3/c29-22(20-9-12-25-13-10-20)28-14-15-31-24(18-28,16-21-8-4-5-11-26-21)23(30)27-17-19-6-2-1-3-7-19/h1-13H,14-18H2,(H,27,30)/t24-/m0/s1. The van der Waals surface area contributed by atoms with Crippen LogP contribution in [0.1, 0.15) is 21.6 Å². The molecule has 2 aromatic heterocycles. The largest absolute Gasteiger partial charge is 0.361 e. The summed E-state index contributed by atoms with van der Waals surface area (Å²) in [4.78, 5) is 36.4. The summed E-state index contributed by atoms with van der Waals surface area (Å²) in [5.74, 6) is -0.402. The lowest BCUT2D eigenvalue weighted by molar-refractivity contribution is -0.157. The lowest BCUT2D eigenvalue weighted by atomic mass is 9.93. The van der Waals surface area contributed by atoms with Gasteiger partial charge in [0.05, 0.1) is 13.2 Å². The van der Waals surface area contributed by atoms with Crippen LogP contribution in [0.3, 0.4) is 0 Å². The molecular formula is C24H24N4O3. The zero-order chi connectivity index (χ0) is 21.5. The van der Waals surface area contributed by atoms with Gasteiger partial charge in [0.25, 0.3) is 11.8 Å². The number of aromatic nitrogens is 2. The zero-order valence-electron chi connectivity index (χ0n) is 17.1. The molecule has 0 saturated carbocycles. The summed E-state index contributed by atoms with van der Waals surface area (Å²) >= 11 is 0. The molecule has 2 amide bonds. The number of nitrogens with one attached hydrogen (secondary N) is 1. The highest BCUT2D eigenvalue weighted by Gasteiger charge is 2.45. The molecule has 1 aromatic carbocycles. The van der Waals surface area contributed by atoms with Gasteiger partial charge in [-0.25, -0.2) is 0 Å². The Balaban J connectivity index is 1.57. The number of nitrogens with zero attached hydrogens (tertiary/aromatic N) is 3. The first-order chi connectivity index (χ1) is 15.2. The molecule has 7 nitrogen and oxygen atoms in total. The molecule has 7 heteroatoms. The molecule has 0 spiro atoms. The third-order valence-corrected chi connectivity index (χ3v) is 5.30. The third-order valence-electron chi connectivity index (χ3n) is 5.30. The first kappa shape index (κ1) is 20.7. The van der Waals surface area contributed by atoms with Crippen LogP contribution in [-0.2, 0) is 22.5 Å². The highest BCUT2D eigenvalue weighted by atomic mass is 16.5. The Bertz CT molecular complexity index is 1010. The van der Waals surface area contributed by atoms with E-state index < -0.39 is 5.60 Å². The molecular weight excluding hydrogens is 392 g/mol. The normalized spacial score (nSPS) is 18.4. The van der Waals surface area contributed by atoms with Crippen LogP contribution >= 0.6 is 0 Å². The Kier molecular flexibility index (Phi) is 6.33. The number of rotatable bonds is 6. The van der Waals surface area contributed by atoms with Crippen molar-refractivity contribution in [3.8, 4) is 0 Å². The second-order valence-electron chi connectivity index (χ2n) is 7.47. The fraction of sp³-hybridized carbons (Fsp3) is 0.250. The number of carbonyl (C=O) groups excluding carboxylic acids is 2. The predicted octanol–water partition coefficient (Wildman–Crippen LogP) is 2.25. The summed E-state index contributed by atoms with van der Waals surface area (Å²) in [6.45, 7) is 1.20. The highest BCUT2D eigenvalue weighted by molar-refractivity contribution is 5.95. The first-order valence-corrected chi connectivity index (χ1v) is 10.2. The highest BCUT2D eigenvalue weighted by Crippen LogP contribution is 2.25. The average molecular weight is 416 g/mol. The molecule has 1 fully saturated rings. The van der Waals surface area contributed by atoms with Crippen LogP contribution in [0, 0.1) is 0 Å². The van der Waals surface area contributed by atoms with Crippen molar-refractivity contribution >= 4 is 11.8 Å². The second kappa shape index (κ2) is 9.49. The van der Waals surface area contributed by atoms with Gasteiger partial charge in [-0.15, -0.1) is 0 Å². The number of pyridine rings is 2. The van der Waals surface area contributed by atoms with Gasteiger partial charge < -0.3 is 15.0 Å². The van der Waals surface area contributed by atoms with E-state index in [1.54, 1.807) is 35.6 Å². The van der Waals surface area contributed by atoms with Gasteiger partial charge in [-0.2, -0.15) is 0 Å². The number of amides is 2. The number of benzene rings is 1. The van der Waals surface area contributed by atoms with Crippen molar-refractivity contribution in [2.45, 2.75) is 18.6 Å². The van der Waals surface area contributed by atoms with E-state index in [4.69, 9.17) is 4.74 Å². The molecule has 3 aromatic rings. The molecule has 0 unspecified atom stereocenters. The van der Waals surface area contributed by atoms with E-state index in [0.717, 1.165) is 11.3 Å². The molecule has 1 aliphatic rings. The summed E-state index contributed by atoms with van der Waals surface area (Å²) in [5, 5.41) is 2.99. The van der Waals surface area contributed by atoms with E-state index in [1.807, 2.05) is 48.5 Å². The second-order valence-corrected chi connectivity index (χ2v) is 7.47. The monoisotopic (exact) mass is 416 g/mol. The molecule has 0 aliphatic carbocycles. The number of hydrogen-bond donors (Lipinski definition) is 1. The van der Waals surface area contributed by atoms with Gasteiger partial charge in [-0.05, 0) is 29.8 Å². The van der Waals surface area contributed by atoms with Crippen molar-refractivity contribution in [1.82, 2.24) is 20.2 Å². The fourth-order valence-electron chi connectivity index (χ4n) is 3.69. The first-order valence-electron chi connectivity index (χ1n) is 10.2. The molecule has 1 aliphatic heterocycles. The van der Waals surface area contributed by atoms with Gasteiger partial charge in [0, 0.05) is 49.4 Å². The lowest BCUT2D eigenvalue weighted by Crippen LogP contribution is -2.62. The number of morpholine rings is 1. The third kappa shape index (κ3) is 4.95. The van der Waals surface area contributed by atoms with E-state index >= 15 is 0 Å². The minimum atomic E-state index is -1.22. The molecule has 4 rings (SSSR count). The molecule has 158 valence electrons. The minimum absolute atomic E-state index is 0.144. The van der Waals surface area contributed by atoms with E-state index in [9.17, 15) is 9.59 Å². The van der Waals surface area contributed by atoms with Crippen molar-refractivity contribution in [3.05, 3.63) is 96.1 Å². The maximum atomic E-state index is 13.4. The number of ether oxygens (including phenoxy) is 1. The Morgan fingerprint density at radius 1 is 1.00 bits per heavy atom. The molecule has 0 bridgehead atoms. The van der Waals surface area contributed by atoms with Gasteiger partial charge in [0.1, 0.15) is 0 Å². The fourth-order valence-corrected chi connectivity index (χ4v) is 3.69. The molecule has 1 saturated heterocycles. The van der Waals surface area contributed by atoms with E-state index in [1.165, 1.54) is 0 Å². The van der Waals surface area contributed by atoms with E-state index in [2.05, 4.69) is 15.3 Å². The topological polar surface area (TPSA) is 84.4 Å². The van der Waals surface area contributed by atoms with E-state index in [0.29, 0.717) is 18.7 Å². The molecule has 1 N–H and O–H groups in total. The van der Waals surface area contributed by atoms with Gasteiger partial charge in [0.15, 0.2) is 5.60 Å². The van der Waals surface area contributed by atoms with Crippen LogP contribution in [0.4, 0.5) is 0 Å². The number of carbonyl (C=O) groups is 2. The van der Waals surface area contributed by atoms with Crippen molar-refractivity contribution in [1.29, 1.82) is 0 Å². The van der Waals surface area contributed by atoms with Crippen LogP contribution in [0.15, 0.2) is 79.3 Å². The summed E-state index contributed by atoms with van der Waals surface area (Å²) < 4.78 is 6.08. The summed E-state index contributed by atoms with van der Waals surface area (Å²) in [5.41, 5.74) is 1.04. The Morgan fingerprint density at radius 2 is 1.77 bits per heavy atom. The summed E-state index contributed by atoms with van der Waals surface area (Å²) in [7, 11) is 0. The Labute approximate surface area is 181 Å². The average Bonchev–Trinajstić information content (AvgIpc) is 2.84. The minimum Gasteiger partial charge on any atom is -0.361 e. The van der Waals surface area contributed by atoms with Gasteiger partial charge >= 0.3 is 0 Å². The smallest absolute Gasteiger partial charge is 0.254 e. The van der Waals surface area contributed by atoms with Gasteiger partial charge in [0.2, 0.25) is 0 Å². The SMILES string of the molecule is O=C(c1ccncc1)N1CCO[C@](Cc2ccccn2)(C(=O)NCc2ccccc2)C1. The van der Waals surface area contributed by atoms with Crippen LogP contribution in [0.25, 0.3) is 0 Å². The molecule has 0 radical (unpaired) electrons. The zero-order valence-corrected chi connectivity index (χ0v) is 17.1. The number of hydrogen-bond acceptors (Lipinski definition) is 5. The van der Waals surface area contributed by atoms with Gasteiger partial charge in [-0.1, -0.05) is 36.4 Å². The quantitative estimate of drug-likeness (QED) is 0.666. The Hall–Kier alpha value is -3.58. The Morgan fingerprint density at radius 3 is 2.52 bits per heavy atom. The maximum Gasteiger partial charge on any atom is 0.254 e. The van der Waals surface area contributed by atoms with Gasteiger partial charge in [-0.3, -0.25) is 19.6 Å². The summed E-state index contributed by atoms with van der Waals surface area (Å²) in [6.07, 6.45) is 5.13. The molecule has 1 atom stereocenters.